The van der Waals surface area contributed by atoms with E-state index in [9.17, 15) is 22.8 Å². The third-order valence-electron chi connectivity index (χ3n) is 5.54. The van der Waals surface area contributed by atoms with Crippen LogP contribution in [0.15, 0.2) is 60.4 Å². The van der Waals surface area contributed by atoms with Crippen LogP contribution in [0.5, 0.6) is 0 Å². The average molecular weight is 590 g/mol. The molecule has 0 bridgehead atoms. The first-order chi connectivity index (χ1) is 19.7. The summed E-state index contributed by atoms with van der Waals surface area (Å²) in [6, 6.07) is 11.4. The summed E-state index contributed by atoms with van der Waals surface area (Å²) in [5, 5.41) is 6.38. The van der Waals surface area contributed by atoms with Gasteiger partial charge in [0.15, 0.2) is 0 Å². The van der Waals surface area contributed by atoms with Crippen LogP contribution < -0.4 is 10.6 Å². The van der Waals surface area contributed by atoms with Crippen molar-refractivity contribution in [3.05, 3.63) is 82.8 Å². The highest BCUT2D eigenvalue weighted by Gasteiger charge is 2.15. The first kappa shape index (κ1) is 37.9. The molecule has 0 saturated heterocycles. The van der Waals surface area contributed by atoms with E-state index in [4.69, 9.17) is 4.79 Å². The summed E-state index contributed by atoms with van der Waals surface area (Å²) in [4.78, 5) is 40.0. The Hall–Kier alpha value is -4.09. The summed E-state index contributed by atoms with van der Waals surface area (Å²) in [5.74, 6) is 0.00992. The van der Waals surface area contributed by atoms with Crippen LogP contribution in [0.2, 0.25) is 0 Å². The van der Waals surface area contributed by atoms with Crippen LogP contribution in [-0.4, -0.2) is 87.8 Å². The summed E-state index contributed by atoms with van der Waals surface area (Å²) in [7, 11) is 7.68. The molecule has 230 valence electrons. The largest absolute Gasteiger partial charge is 0.386 e. The lowest BCUT2D eigenvalue weighted by Gasteiger charge is -2.19. The molecule has 8 nitrogen and oxygen atoms in total. The number of aromatic nitrogens is 1. The van der Waals surface area contributed by atoms with E-state index in [1.165, 1.54) is 0 Å². The zero-order valence-corrected chi connectivity index (χ0v) is 25.2. The van der Waals surface area contributed by atoms with Crippen LogP contribution in [0.25, 0.3) is 17.8 Å². The number of likely N-dealkylation sites (N-methyl/N-ethyl adjacent to an activating group) is 2. The number of aldehydes is 1. The number of pyridine rings is 1. The molecule has 0 radical (unpaired) electrons. The van der Waals surface area contributed by atoms with Crippen molar-refractivity contribution in [3.63, 3.8) is 0 Å². The Bertz CT molecular complexity index is 1190. The van der Waals surface area contributed by atoms with Gasteiger partial charge in [-0.3, -0.25) is 14.6 Å². The van der Waals surface area contributed by atoms with Crippen LogP contribution in [0.4, 0.5) is 13.2 Å². The number of hydrogen-bond acceptors (Lipinski definition) is 7. The van der Waals surface area contributed by atoms with E-state index >= 15 is 0 Å². The molecule has 0 aliphatic rings. The Morgan fingerprint density at radius 3 is 2.14 bits per heavy atom. The Labute approximate surface area is 247 Å². The van der Waals surface area contributed by atoms with Crippen molar-refractivity contribution in [2.24, 2.45) is 0 Å². The Morgan fingerprint density at radius 2 is 1.62 bits per heavy atom. The second-order valence-corrected chi connectivity index (χ2v) is 9.47. The number of amides is 1. The quantitative estimate of drug-likeness (QED) is 0.253. The maximum absolute atomic E-state index is 12.6. The lowest BCUT2D eigenvalue weighted by molar-refractivity contribution is -0.110. The molecule has 2 aromatic rings. The molecule has 1 aromatic heterocycles. The third kappa shape index (κ3) is 16.2. The maximum atomic E-state index is 12.6. The summed E-state index contributed by atoms with van der Waals surface area (Å²) < 4.78 is 31.1. The van der Waals surface area contributed by atoms with E-state index in [1.807, 2.05) is 83.5 Å². The van der Waals surface area contributed by atoms with Crippen molar-refractivity contribution in [2.75, 3.05) is 47.8 Å². The van der Waals surface area contributed by atoms with Gasteiger partial charge >= 0.3 is 6.18 Å². The van der Waals surface area contributed by atoms with Crippen LogP contribution in [-0.2, 0) is 9.59 Å². The number of halogens is 3. The van der Waals surface area contributed by atoms with Crippen molar-refractivity contribution in [2.45, 2.75) is 26.4 Å². The Morgan fingerprint density at radius 1 is 1.02 bits per heavy atom. The first-order valence-corrected chi connectivity index (χ1v) is 13.0. The second-order valence-electron chi connectivity index (χ2n) is 9.47. The Kier molecular flexibility index (Phi) is 18.0. The molecule has 0 atom stereocenters. The van der Waals surface area contributed by atoms with Gasteiger partial charge in [0.2, 0.25) is 0 Å². The fraction of sp³-hybridized carbons (Fsp3) is 0.355. The van der Waals surface area contributed by atoms with Gasteiger partial charge in [-0.2, -0.15) is 13.2 Å². The van der Waals surface area contributed by atoms with Crippen molar-refractivity contribution in [1.82, 2.24) is 25.4 Å². The zero-order valence-electron chi connectivity index (χ0n) is 25.2. The van der Waals surface area contributed by atoms with E-state index in [0.717, 1.165) is 41.9 Å². The zero-order chi connectivity index (χ0) is 32.3. The summed E-state index contributed by atoms with van der Waals surface area (Å²) in [6.07, 6.45) is 3.16. The lowest BCUT2D eigenvalue weighted by atomic mass is 10.1. The number of carbonyl (C=O) groups is 3. The van der Waals surface area contributed by atoms with Gasteiger partial charge in [-0.05, 0) is 64.0 Å². The molecular formula is C31H42F3N5O3. The topological polar surface area (TPSA) is 94.6 Å². The first-order valence-electron chi connectivity index (χ1n) is 13.0. The minimum absolute atomic E-state index is 0.00992. The summed E-state index contributed by atoms with van der Waals surface area (Å²) >= 11 is 0. The smallest absolute Gasteiger partial charge is 0.359 e. The molecule has 0 aliphatic heterocycles. The third-order valence-corrected chi connectivity index (χ3v) is 5.54. The van der Waals surface area contributed by atoms with E-state index in [0.29, 0.717) is 29.8 Å². The van der Waals surface area contributed by atoms with Gasteiger partial charge in [0.1, 0.15) is 13.1 Å². The van der Waals surface area contributed by atoms with Gasteiger partial charge in [0.05, 0.1) is 5.69 Å². The highest BCUT2D eigenvalue weighted by molar-refractivity contribution is 5.94. The Balaban J connectivity index is 0.00000216. The van der Waals surface area contributed by atoms with Crippen molar-refractivity contribution in [3.8, 4) is 0 Å². The minimum atomic E-state index is -4.00. The van der Waals surface area contributed by atoms with Crippen LogP contribution in [0.1, 0.15) is 47.4 Å². The molecule has 1 aromatic carbocycles. The van der Waals surface area contributed by atoms with E-state index < -0.39 is 6.18 Å². The molecule has 2 N–H and O–H groups in total. The average Bonchev–Trinajstić information content (AvgIpc) is 2.96. The predicted octanol–water partition coefficient (Wildman–Crippen LogP) is 4.91. The molecule has 1 heterocycles. The van der Waals surface area contributed by atoms with Crippen LogP contribution in [0, 0.1) is 0 Å². The molecule has 2 rings (SSSR count). The molecular weight excluding hydrogens is 547 g/mol. The minimum Gasteiger partial charge on any atom is -0.359 e. The number of rotatable bonds is 13. The molecule has 11 heteroatoms. The van der Waals surface area contributed by atoms with E-state index in [1.54, 1.807) is 18.0 Å². The normalized spacial score (nSPS) is 11.5. The summed E-state index contributed by atoms with van der Waals surface area (Å²) in [6.45, 7) is 10.4. The van der Waals surface area contributed by atoms with Crippen LogP contribution in [0.3, 0.4) is 0 Å². The highest BCUT2D eigenvalue weighted by Crippen LogP contribution is 2.16. The SMILES string of the molecule is C=C(N/C(CCNC)=C(\C)C=O)c1ccnc(/C=C/c2ccc(C(=O)N(C)CCN(C)C)cc2)c1.C=O.CC(F)(F)F. The van der Waals surface area contributed by atoms with Crippen molar-refractivity contribution in [1.29, 1.82) is 0 Å². The number of allylic oxidation sites excluding steroid dienone is 1. The van der Waals surface area contributed by atoms with Gasteiger partial charge in [0.25, 0.3) is 5.91 Å². The standard InChI is InChI=1S/C28H37N5O2.C2H3F3.CH2O/c1-21(20-34)27(14-15-29-3)31-22(2)25-13-16-30-26(19-25)12-9-23-7-10-24(11-8-23)28(35)33(6)18-17-32(4)5;1-2(3,4)5;1-2/h7-13,16,19-20,29,31H,2,14-15,17-18H2,1,3-6H3;1H3;1H2/b12-9+,27-21+;;. The lowest BCUT2D eigenvalue weighted by Crippen LogP contribution is -2.33. The van der Waals surface area contributed by atoms with E-state index in [-0.39, 0.29) is 12.8 Å². The van der Waals surface area contributed by atoms with Gasteiger partial charge in [-0.1, -0.05) is 24.8 Å². The number of carbonyl (C=O) groups excluding carboxylic acids is 3. The summed E-state index contributed by atoms with van der Waals surface area (Å²) in [5.41, 5.74) is 5.51. The number of benzene rings is 1. The number of alkyl halides is 3. The molecule has 0 fully saturated rings. The van der Waals surface area contributed by atoms with E-state index in [2.05, 4.69) is 27.1 Å². The predicted molar refractivity (Wildman–Crippen MR) is 163 cm³/mol. The molecule has 0 aliphatic carbocycles. The van der Waals surface area contributed by atoms with Gasteiger partial charge in [-0.25, -0.2) is 0 Å². The maximum Gasteiger partial charge on any atom is 0.386 e. The van der Waals surface area contributed by atoms with Crippen molar-refractivity contribution >= 4 is 36.8 Å². The molecule has 0 spiro atoms. The molecule has 0 unspecified atom stereocenters. The fourth-order valence-corrected chi connectivity index (χ4v) is 3.25. The monoisotopic (exact) mass is 589 g/mol. The molecule has 42 heavy (non-hydrogen) atoms. The highest BCUT2D eigenvalue weighted by atomic mass is 19.4. The van der Waals surface area contributed by atoms with Gasteiger partial charge in [-0.15, -0.1) is 0 Å². The van der Waals surface area contributed by atoms with Gasteiger partial charge < -0.3 is 25.2 Å². The van der Waals surface area contributed by atoms with Gasteiger partial charge in [0, 0.05) is 74.3 Å². The van der Waals surface area contributed by atoms with Crippen molar-refractivity contribution < 1.29 is 27.6 Å². The molecule has 1 amide bonds. The second kappa shape index (κ2) is 19.9. The molecule has 0 saturated carbocycles. The number of nitrogens with one attached hydrogen (secondary N) is 2. The van der Waals surface area contributed by atoms with Crippen LogP contribution >= 0.6 is 0 Å². The fourth-order valence-electron chi connectivity index (χ4n) is 3.25. The number of nitrogens with zero attached hydrogens (tertiary/aromatic N) is 3. The number of hydrogen-bond donors (Lipinski definition) is 2.